The van der Waals surface area contributed by atoms with Gasteiger partial charge in [-0.1, -0.05) is 12.1 Å². The van der Waals surface area contributed by atoms with Crippen LogP contribution in [0.25, 0.3) is 38.8 Å². The lowest BCUT2D eigenvalue weighted by Crippen LogP contribution is -2.35. The first-order chi connectivity index (χ1) is 19.0. The summed E-state index contributed by atoms with van der Waals surface area (Å²) >= 11 is 0. The van der Waals surface area contributed by atoms with E-state index < -0.39 is 0 Å². The Balaban J connectivity index is 1.06. The molecule has 9 heteroatoms. The molecule has 1 fully saturated rings. The van der Waals surface area contributed by atoms with Crippen LogP contribution in [0.5, 0.6) is 0 Å². The molecule has 0 unspecified atom stereocenters. The fourth-order valence-electron chi connectivity index (χ4n) is 5.74. The van der Waals surface area contributed by atoms with Crippen molar-refractivity contribution < 1.29 is 4.39 Å². The van der Waals surface area contributed by atoms with Gasteiger partial charge in [0.2, 0.25) is 0 Å². The van der Waals surface area contributed by atoms with Crippen molar-refractivity contribution in [3.8, 4) is 11.3 Å². The monoisotopic (exact) mass is 520 g/mol. The third-order valence-corrected chi connectivity index (χ3v) is 7.89. The number of aromatic nitrogens is 7. The van der Waals surface area contributed by atoms with E-state index in [2.05, 4.69) is 46.9 Å². The van der Waals surface area contributed by atoms with E-state index in [9.17, 15) is 0 Å². The van der Waals surface area contributed by atoms with Crippen LogP contribution in [0.1, 0.15) is 35.7 Å². The Kier molecular flexibility index (Phi) is 5.81. The van der Waals surface area contributed by atoms with Gasteiger partial charge in [0.1, 0.15) is 5.82 Å². The normalized spacial score (nSPS) is 15.2. The molecule has 0 radical (unpaired) electrons. The molecule has 0 N–H and O–H groups in total. The summed E-state index contributed by atoms with van der Waals surface area (Å²) in [4.78, 5) is 11.5. The van der Waals surface area contributed by atoms with Gasteiger partial charge in [0, 0.05) is 30.0 Å². The Morgan fingerprint density at radius 2 is 1.79 bits per heavy atom. The Labute approximate surface area is 225 Å². The molecule has 0 atom stereocenters. The lowest BCUT2D eigenvalue weighted by Gasteiger charge is -2.31. The maximum absolute atomic E-state index is 15.4. The molecule has 39 heavy (non-hydrogen) atoms. The fraction of sp³-hybridized carbons (Fsp3) is 0.300. The van der Waals surface area contributed by atoms with Gasteiger partial charge in [0.15, 0.2) is 5.65 Å². The Morgan fingerprint density at radius 1 is 0.949 bits per heavy atom. The number of rotatable bonds is 5. The zero-order chi connectivity index (χ0) is 26.5. The van der Waals surface area contributed by atoms with Crippen LogP contribution >= 0.6 is 0 Å². The molecular formula is C30H29FN8. The van der Waals surface area contributed by atoms with E-state index in [1.54, 1.807) is 10.6 Å². The first-order valence-corrected chi connectivity index (χ1v) is 13.4. The van der Waals surface area contributed by atoms with Crippen molar-refractivity contribution in [1.29, 1.82) is 0 Å². The molecule has 0 amide bonds. The number of halogens is 1. The van der Waals surface area contributed by atoms with Crippen LogP contribution in [0.3, 0.4) is 0 Å². The van der Waals surface area contributed by atoms with Crippen molar-refractivity contribution in [1.82, 2.24) is 39.2 Å². The van der Waals surface area contributed by atoms with Gasteiger partial charge in [-0.3, -0.25) is 0 Å². The quantitative estimate of drug-likeness (QED) is 0.306. The third-order valence-electron chi connectivity index (χ3n) is 7.89. The molecule has 6 aromatic rings. The van der Waals surface area contributed by atoms with Crippen LogP contribution < -0.4 is 0 Å². The minimum Gasteiger partial charge on any atom is -0.329 e. The number of imidazole rings is 2. The van der Waals surface area contributed by atoms with E-state index >= 15 is 4.39 Å². The number of hydrogen-bond donors (Lipinski definition) is 0. The van der Waals surface area contributed by atoms with Crippen LogP contribution in [-0.4, -0.2) is 58.9 Å². The number of aryl methyl sites for hydroxylation is 2. The van der Waals surface area contributed by atoms with Gasteiger partial charge >= 0.3 is 0 Å². The molecule has 1 aliphatic rings. The van der Waals surface area contributed by atoms with Crippen LogP contribution in [0, 0.1) is 19.7 Å². The molecule has 7 rings (SSSR count). The minimum atomic E-state index is -0.301. The molecule has 0 bridgehead atoms. The summed E-state index contributed by atoms with van der Waals surface area (Å²) in [5.74, 6) is -0.0208. The van der Waals surface area contributed by atoms with Crippen LogP contribution in [-0.2, 0) is 6.54 Å². The number of piperidine rings is 1. The smallest absolute Gasteiger partial charge is 0.156 e. The molecule has 5 heterocycles. The van der Waals surface area contributed by atoms with Crippen molar-refractivity contribution in [3.05, 3.63) is 83.8 Å². The van der Waals surface area contributed by atoms with Crippen molar-refractivity contribution in [2.45, 2.75) is 39.2 Å². The fourth-order valence-corrected chi connectivity index (χ4v) is 5.74. The largest absolute Gasteiger partial charge is 0.329 e. The van der Waals surface area contributed by atoms with Crippen LogP contribution in [0.4, 0.5) is 4.39 Å². The van der Waals surface area contributed by atoms with Crippen LogP contribution in [0.15, 0.2) is 61.1 Å². The van der Waals surface area contributed by atoms with Crippen molar-refractivity contribution in [3.63, 3.8) is 0 Å². The second-order valence-electron chi connectivity index (χ2n) is 10.6. The minimum absolute atomic E-state index is 0.280. The van der Waals surface area contributed by atoms with Gasteiger partial charge in [-0.25, -0.2) is 18.9 Å². The second-order valence-corrected chi connectivity index (χ2v) is 10.6. The van der Waals surface area contributed by atoms with Gasteiger partial charge in [-0.05, 0) is 81.7 Å². The standard InChI is InChI=1S/C30H29FN8/c1-19-13-27(36-39-17-20(2)33-30(19)39)22-14-24(31)23-16-26(34-35-28(23)15-22)21-7-9-37(10-8-21)11-12-38-18-32-25-5-3-4-6-29(25)38/h3-6,13-18,21H,7-12H2,1-2H3. The predicted octanol–water partition coefficient (Wildman–Crippen LogP) is 5.32. The highest BCUT2D eigenvalue weighted by Crippen LogP contribution is 2.31. The SMILES string of the molecule is Cc1cn2nc(-c3cc(F)c4cc(C5CCN(CCn6cnc7ccccc76)CC5)nnc4c3)cc(C)c2n1. The van der Waals surface area contributed by atoms with Crippen molar-refractivity contribution in [2.24, 2.45) is 0 Å². The predicted molar refractivity (Wildman–Crippen MR) is 149 cm³/mol. The number of fused-ring (bicyclic) bond motifs is 3. The maximum Gasteiger partial charge on any atom is 0.156 e. The molecule has 1 aliphatic heterocycles. The van der Waals surface area contributed by atoms with Gasteiger partial charge in [0.25, 0.3) is 0 Å². The number of benzene rings is 2. The van der Waals surface area contributed by atoms with E-state index in [4.69, 9.17) is 0 Å². The van der Waals surface area contributed by atoms with E-state index in [0.717, 1.165) is 67.1 Å². The summed E-state index contributed by atoms with van der Waals surface area (Å²) < 4.78 is 19.3. The first-order valence-electron chi connectivity index (χ1n) is 13.4. The Bertz CT molecular complexity index is 1830. The molecule has 196 valence electrons. The lowest BCUT2D eigenvalue weighted by atomic mass is 9.92. The van der Waals surface area contributed by atoms with Gasteiger partial charge in [-0.2, -0.15) is 15.3 Å². The highest BCUT2D eigenvalue weighted by Gasteiger charge is 2.23. The summed E-state index contributed by atoms with van der Waals surface area (Å²) in [5.41, 5.74) is 7.67. The topological polar surface area (TPSA) is 77.0 Å². The van der Waals surface area contributed by atoms with Crippen LogP contribution in [0.2, 0.25) is 0 Å². The summed E-state index contributed by atoms with van der Waals surface area (Å²) in [6.45, 7) is 7.78. The summed E-state index contributed by atoms with van der Waals surface area (Å²) in [6, 6.07) is 15.5. The average molecular weight is 521 g/mol. The van der Waals surface area contributed by atoms with Gasteiger partial charge in [0.05, 0.1) is 46.2 Å². The van der Waals surface area contributed by atoms with Gasteiger partial charge in [-0.15, -0.1) is 0 Å². The maximum atomic E-state index is 15.4. The van der Waals surface area contributed by atoms with Crippen molar-refractivity contribution >= 4 is 27.6 Å². The molecule has 0 aliphatic carbocycles. The van der Waals surface area contributed by atoms with Gasteiger partial charge < -0.3 is 9.47 Å². The molecule has 4 aromatic heterocycles. The first kappa shape index (κ1) is 23.8. The molecule has 2 aromatic carbocycles. The molecule has 8 nitrogen and oxygen atoms in total. The highest BCUT2D eigenvalue weighted by atomic mass is 19.1. The molecular weight excluding hydrogens is 491 g/mol. The summed E-state index contributed by atoms with van der Waals surface area (Å²) in [5, 5.41) is 14.1. The highest BCUT2D eigenvalue weighted by molar-refractivity contribution is 5.84. The molecule has 0 saturated carbocycles. The summed E-state index contributed by atoms with van der Waals surface area (Å²) in [6.07, 6.45) is 5.77. The lowest BCUT2D eigenvalue weighted by molar-refractivity contribution is 0.204. The Hall–Kier alpha value is -4.24. The number of likely N-dealkylation sites (tertiary alicyclic amines) is 1. The zero-order valence-corrected chi connectivity index (χ0v) is 22.0. The molecule has 0 spiro atoms. The van der Waals surface area contributed by atoms with E-state index in [1.165, 1.54) is 5.52 Å². The average Bonchev–Trinajstić information content (AvgIpc) is 3.55. The number of hydrogen-bond acceptors (Lipinski definition) is 6. The van der Waals surface area contributed by atoms with Crippen molar-refractivity contribution in [2.75, 3.05) is 19.6 Å². The molecule has 1 saturated heterocycles. The zero-order valence-electron chi connectivity index (χ0n) is 22.0. The number of para-hydroxylation sites is 2. The van der Waals surface area contributed by atoms with E-state index in [1.807, 2.05) is 56.7 Å². The number of nitrogens with zero attached hydrogens (tertiary/aromatic N) is 8. The van der Waals surface area contributed by atoms with E-state index in [-0.39, 0.29) is 11.7 Å². The second kappa shape index (κ2) is 9.50. The third kappa shape index (κ3) is 4.42. The van der Waals surface area contributed by atoms with E-state index in [0.29, 0.717) is 22.2 Å². The Morgan fingerprint density at radius 3 is 2.67 bits per heavy atom. The summed E-state index contributed by atoms with van der Waals surface area (Å²) in [7, 11) is 0.